The van der Waals surface area contributed by atoms with E-state index in [0.29, 0.717) is 0 Å². The van der Waals surface area contributed by atoms with E-state index in [2.05, 4.69) is 5.32 Å². The Labute approximate surface area is 546 Å². The van der Waals surface area contributed by atoms with Crippen LogP contribution in [0.5, 0.6) is 5.75 Å². The molecular weight excluding hydrogens is 1330 g/mol. The number of aliphatic hydroxyl groups is 23. The number of nitro benzene ring substituents is 1. The maximum Gasteiger partial charge on any atom is 0.269 e. The van der Waals surface area contributed by atoms with Crippen molar-refractivity contribution in [1.82, 2.24) is 5.32 Å². The topological polar surface area (TPSA) is 668 Å². The Bertz CT molecular complexity index is 2620. The lowest BCUT2D eigenvalue weighted by atomic mass is 9.95. The zero-order valence-corrected chi connectivity index (χ0v) is 50.6. The summed E-state index contributed by atoms with van der Waals surface area (Å²) in [4.78, 5) is 10.5. The number of ether oxygens (including phenoxy) is 16. The average molecular weight is 1420 g/mol. The molecule has 43 heteroatoms. The highest BCUT2D eigenvalue weighted by Crippen LogP contribution is 2.40. The highest BCUT2D eigenvalue weighted by Gasteiger charge is 2.60. The van der Waals surface area contributed by atoms with Crippen LogP contribution in [0.3, 0.4) is 0 Å². The minimum atomic E-state index is -2.34. The van der Waals surface area contributed by atoms with Crippen molar-refractivity contribution in [3.05, 3.63) is 34.4 Å². The molecule has 22 aliphatic heterocycles. The summed E-state index contributed by atoms with van der Waals surface area (Å²) in [5.41, 5.74) is -0.324. The first-order valence-electron chi connectivity index (χ1n) is 30.8. The summed E-state index contributed by atoms with van der Waals surface area (Å²) in [6, 6.07) is 4.46. The quantitative estimate of drug-likeness (QED) is 0.0644. The van der Waals surface area contributed by atoms with Crippen molar-refractivity contribution < 1.29 is 198 Å². The molecular formula is C54H84N2O41. The summed E-state index contributed by atoms with van der Waals surface area (Å²) < 4.78 is 92.7. The summed E-state index contributed by atoms with van der Waals surface area (Å²) in [5, 5.41) is 272. The molecule has 23 rings (SSSR count). The average Bonchev–Trinajstić information content (AvgIpc) is 0.787. The normalized spacial score (nSPS) is 51.1. The van der Waals surface area contributed by atoms with Crippen molar-refractivity contribution in [3.63, 3.8) is 0 Å². The number of non-ortho nitro benzene ring substituents is 1. The van der Waals surface area contributed by atoms with Crippen LogP contribution in [-0.2, 0) is 71.1 Å². The predicted octanol–water partition coefficient (Wildman–Crippen LogP) is -15.8. The third kappa shape index (κ3) is 15.7. The zero-order chi connectivity index (χ0) is 70.3. The minimum Gasteiger partial charge on any atom is -0.462 e. The van der Waals surface area contributed by atoms with Gasteiger partial charge in [0, 0.05) is 25.2 Å². The Morgan fingerprint density at radius 2 is 0.536 bits per heavy atom. The second kappa shape index (κ2) is 32.7. The molecule has 1 aromatic rings. The molecule has 0 saturated carbocycles. The molecule has 0 radical (unpaired) electrons. The van der Waals surface area contributed by atoms with Crippen LogP contribution in [0.15, 0.2) is 24.3 Å². The fourth-order valence-electron chi connectivity index (χ4n) is 12.8. The predicted molar refractivity (Wildman–Crippen MR) is 295 cm³/mol. The van der Waals surface area contributed by atoms with Crippen LogP contribution in [0.25, 0.3) is 0 Å². The molecule has 24 N–H and O–H groups in total. The van der Waals surface area contributed by atoms with Crippen LogP contribution in [0.2, 0.25) is 0 Å². The van der Waals surface area contributed by atoms with Crippen molar-refractivity contribution in [2.45, 2.75) is 246 Å². The molecule has 0 aromatic heterocycles. The third-order valence-electron chi connectivity index (χ3n) is 18.3. The molecule has 556 valence electrons. The zero-order valence-electron chi connectivity index (χ0n) is 50.6. The van der Waals surface area contributed by atoms with Gasteiger partial charge in [-0.15, -0.1) is 0 Å². The molecule has 22 saturated heterocycles. The maximum atomic E-state index is 12.0. The van der Waals surface area contributed by atoms with Crippen LogP contribution >= 0.6 is 0 Å². The van der Waals surface area contributed by atoms with E-state index in [1.54, 1.807) is 0 Å². The SMILES string of the molecule is O=[N+]([O-])c1ccc(O[C@H]2O[C@H](CNC[C@@H]3O[C@@H]4O[C@H]5[C@@H](O)[C@H](O)[C@@H](O[C@H]6[C@H](O)[C@H](O)[C@@H](O[C@H]7[C@H](O)[C@@H](O)[C@@H](O[C@H]8[C@H](O)[C@@H](O)[C@@H](O[C@H]9[C@H](O)[C@@H](O)[C@@H](O[C@H]%10[C@H](O)[C@@H](O)[C@@H](O[C@H]3[C@H](O)[C@H]4O)O[C@H]%10CO)O[C@H]9CO)O[C@H]8CO)O[C@@H]7CO)O[C@@H]6CO)O[C@@H]5CO)[C@H](O)[C@H](O)[C@H]2O)cc1. The van der Waals surface area contributed by atoms with E-state index < -0.39 is 303 Å². The van der Waals surface area contributed by atoms with Gasteiger partial charge < -0.3 is 199 Å². The van der Waals surface area contributed by atoms with Gasteiger partial charge in [-0.25, -0.2) is 0 Å². The van der Waals surface area contributed by atoms with E-state index >= 15 is 0 Å². The number of benzene rings is 1. The van der Waals surface area contributed by atoms with Crippen LogP contribution in [-0.4, -0.2) is 421 Å². The van der Waals surface area contributed by atoms with Crippen LogP contribution in [0.1, 0.15) is 0 Å². The van der Waals surface area contributed by atoms with E-state index in [-0.39, 0.29) is 11.4 Å². The monoisotopic (exact) mass is 1420 g/mol. The van der Waals surface area contributed by atoms with Gasteiger partial charge in [0.15, 0.2) is 44.0 Å². The minimum absolute atomic E-state index is 0.0811. The Balaban J connectivity index is 0.932. The summed E-state index contributed by atoms with van der Waals surface area (Å²) in [6.45, 7) is -7.80. The van der Waals surface area contributed by atoms with Gasteiger partial charge >= 0.3 is 0 Å². The number of nitrogens with one attached hydrogen (secondary N) is 1. The fraction of sp³-hybridized carbons (Fsp3) is 0.889. The molecule has 22 heterocycles. The van der Waals surface area contributed by atoms with Crippen molar-refractivity contribution in [2.75, 3.05) is 52.7 Å². The number of hydrogen-bond acceptors (Lipinski definition) is 42. The van der Waals surface area contributed by atoms with Gasteiger partial charge in [0.1, 0.15) is 201 Å². The van der Waals surface area contributed by atoms with Crippen LogP contribution in [0, 0.1) is 10.1 Å². The van der Waals surface area contributed by atoms with E-state index in [4.69, 9.17) is 75.8 Å². The molecule has 97 heavy (non-hydrogen) atoms. The van der Waals surface area contributed by atoms with Gasteiger partial charge in [-0.3, -0.25) is 10.1 Å². The molecule has 22 aliphatic rings. The van der Waals surface area contributed by atoms with Crippen LogP contribution in [0.4, 0.5) is 5.69 Å². The van der Waals surface area contributed by atoms with Gasteiger partial charge in [-0.05, 0) is 12.1 Å². The Morgan fingerprint density at radius 3 is 0.784 bits per heavy atom. The number of aliphatic hydroxyl groups excluding tert-OH is 23. The lowest BCUT2D eigenvalue weighted by Crippen LogP contribution is -2.68. The van der Waals surface area contributed by atoms with Gasteiger partial charge in [0.05, 0.1) is 44.6 Å². The molecule has 0 unspecified atom stereocenters. The lowest BCUT2D eigenvalue weighted by Gasteiger charge is -2.50. The first-order valence-corrected chi connectivity index (χ1v) is 30.8. The third-order valence-corrected chi connectivity index (χ3v) is 18.3. The Kier molecular flexibility index (Phi) is 25.8. The van der Waals surface area contributed by atoms with Crippen molar-refractivity contribution in [3.8, 4) is 5.75 Å². The largest absolute Gasteiger partial charge is 0.462 e. The van der Waals surface area contributed by atoms with E-state index in [9.17, 15) is 128 Å². The summed E-state index contributed by atoms with van der Waals surface area (Å²) in [7, 11) is 0. The van der Waals surface area contributed by atoms with Gasteiger partial charge in [0.25, 0.3) is 5.69 Å². The Hall–Kier alpha value is -3.14. The highest BCUT2D eigenvalue weighted by molar-refractivity contribution is 5.36. The first-order chi connectivity index (χ1) is 46.2. The first kappa shape index (κ1) is 76.5. The van der Waals surface area contributed by atoms with Gasteiger partial charge in [-0.2, -0.15) is 0 Å². The van der Waals surface area contributed by atoms with E-state index in [1.165, 1.54) is 0 Å². The highest BCUT2D eigenvalue weighted by atomic mass is 16.8. The maximum absolute atomic E-state index is 12.0. The molecule has 14 bridgehead atoms. The summed E-state index contributed by atoms with van der Waals surface area (Å²) in [5.74, 6) is -0.0811. The molecule has 0 spiro atoms. The van der Waals surface area contributed by atoms with Crippen LogP contribution < -0.4 is 10.1 Å². The fourth-order valence-corrected chi connectivity index (χ4v) is 12.8. The molecule has 1 aromatic carbocycles. The van der Waals surface area contributed by atoms with Crippen molar-refractivity contribution in [1.29, 1.82) is 0 Å². The number of nitro groups is 1. The molecule has 43 nitrogen and oxygen atoms in total. The standard InChI is InChI=1S/C54H84N2O41/c57-7-17-41-27(67)35(75)50(86-17)94-43-19(9-59)88-52(37(77)29(43)69)96-45-21(11-61)90-54(39(79)31(45)71)97-46-22(12-62)89-53(38(78)30(46)70)95-44-20(10-60)87-51(36(76)28(44)68)93-42-18(8-58)85-49(34(74)26(42)66)91-40-16(84-48(92-41)33(73)25(40)65)6-55-5-15-23(63)24(64)32(72)47(83-15)82-14-3-1-13(2-4-14)56(80)81/h1-4,15-55,57-79H,5-12H2/t15-,16+,17-,18+,19-,20+,21-,22+,23+,24+,25-,26-,27+,28-,29-,30-,31-,32-,33-,34-,35+,36-,37+,38-,39-,40-,41-,42-,43-,44-,45-,46-,47+,48-,49-,50-,51-,52-,53-,54-/m1/s1. The summed E-state index contributed by atoms with van der Waals surface area (Å²) >= 11 is 0. The van der Waals surface area contributed by atoms with E-state index in [1.807, 2.05) is 0 Å². The van der Waals surface area contributed by atoms with E-state index in [0.717, 1.165) is 24.3 Å². The van der Waals surface area contributed by atoms with Crippen molar-refractivity contribution >= 4 is 5.69 Å². The number of rotatable bonds is 13. The molecule has 22 fully saturated rings. The number of nitrogens with zero attached hydrogens (tertiary/aromatic N) is 1. The molecule has 40 atom stereocenters. The lowest BCUT2D eigenvalue weighted by molar-refractivity contribution is -0.396. The second-order valence-electron chi connectivity index (χ2n) is 24.5. The van der Waals surface area contributed by atoms with Crippen molar-refractivity contribution in [2.24, 2.45) is 0 Å². The van der Waals surface area contributed by atoms with Gasteiger partial charge in [0.2, 0.25) is 6.29 Å². The Morgan fingerprint density at radius 1 is 0.299 bits per heavy atom. The number of hydrogen-bond donors (Lipinski definition) is 24. The second-order valence-corrected chi connectivity index (χ2v) is 24.5. The summed E-state index contributed by atoms with van der Waals surface area (Å²) in [6.07, 6.45) is -82.0. The van der Waals surface area contributed by atoms with Gasteiger partial charge in [-0.1, -0.05) is 0 Å². The smallest absolute Gasteiger partial charge is 0.269 e. The molecule has 0 aliphatic carbocycles. The molecule has 0 amide bonds.